The highest BCUT2D eigenvalue weighted by atomic mass is 32.2. The normalized spacial score (nSPS) is 16.7. The van der Waals surface area contributed by atoms with E-state index in [0.717, 1.165) is 17.0 Å². The fraction of sp³-hybridized carbons (Fsp3) is 0.278. The minimum absolute atomic E-state index is 0.00821. The summed E-state index contributed by atoms with van der Waals surface area (Å²) in [5, 5.41) is 11.1. The van der Waals surface area contributed by atoms with Gasteiger partial charge in [-0.1, -0.05) is 19.1 Å². The molecule has 1 aliphatic heterocycles. The Hall–Kier alpha value is -2.54. The molecule has 1 heterocycles. The molecule has 0 radical (unpaired) electrons. The highest BCUT2D eigenvalue weighted by Crippen LogP contribution is 2.37. The summed E-state index contributed by atoms with van der Waals surface area (Å²) >= 11 is 1.77. The van der Waals surface area contributed by atoms with E-state index >= 15 is 0 Å². The van der Waals surface area contributed by atoms with Crippen molar-refractivity contribution in [3.63, 3.8) is 0 Å². The topological polar surface area (TPSA) is 72.7 Å². The minimum atomic E-state index is -0.470. The van der Waals surface area contributed by atoms with E-state index in [4.69, 9.17) is 4.74 Å². The smallest absolute Gasteiger partial charge is 0.269 e. The number of nitro benzene ring substituents is 1. The standard InChI is InChI=1S/C18H18N2O4S/c1-13-10-11-19(16-4-2-3-5-17(16)25-13)18(21)12-24-15-8-6-14(7-9-15)20(22)23/h2-9,13H,10-12H2,1H3. The van der Waals surface area contributed by atoms with Gasteiger partial charge in [0.15, 0.2) is 6.61 Å². The monoisotopic (exact) mass is 358 g/mol. The maximum absolute atomic E-state index is 12.7. The van der Waals surface area contributed by atoms with Crippen LogP contribution in [0.15, 0.2) is 53.4 Å². The van der Waals surface area contributed by atoms with E-state index < -0.39 is 4.92 Å². The summed E-state index contributed by atoms with van der Waals surface area (Å²) < 4.78 is 5.52. The van der Waals surface area contributed by atoms with Crippen LogP contribution in [0.5, 0.6) is 5.75 Å². The van der Waals surface area contributed by atoms with Crippen molar-refractivity contribution in [3.8, 4) is 5.75 Å². The van der Waals surface area contributed by atoms with Crippen LogP contribution in [0.2, 0.25) is 0 Å². The number of hydrogen-bond acceptors (Lipinski definition) is 5. The first-order valence-electron chi connectivity index (χ1n) is 7.98. The van der Waals surface area contributed by atoms with Gasteiger partial charge in [0.2, 0.25) is 0 Å². The molecular weight excluding hydrogens is 340 g/mol. The molecule has 7 heteroatoms. The fourth-order valence-corrected chi connectivity index (χ4v) is 3.75. The van der Waals surface area contributed by atoms with Crippen molar-refractivity contribution in [1.82, 2.24) is 0 Å². The first-order chi connectivity index (χ1) is 12.0. The van der Waals surface area contributed by atoms with E-state index in [0.29, 0.717) is 17.5 Å². The highest BCUT2D eigenvalue weighted by molar-refractivity contribution is 8.00. The SMILES string of the molecule is CC1CCN(C(=O)COc2ccc([N+](=O)[O-])cc2)c2ccccc2S1. The number of benzene rings is 2. The van der Waals surface area contributed by atoms with Crippen molar-refractivity contribution in [1.29, 1.82) is 0 Å². The molecule has 6 nitrogen and oxygen atoms in total. The lowest BCUT2D eigenvalue weighted by atomic mass is 10.2. The van der Waals surface area contributed by atoms with Gasteiger partial charge < -0.3 is 9.64 Å². The van der Waals surface area contributed by atoms with Gasteiger partial charge in [-0.05, 0) is 30.7 Å². The molecule has 1 atom stereocenters. The van der Waals surface area contributed by atoms with Crippen molar-refractivity contribution in [3.05, 3.63) is 58.6 Å². The van der Waals surface area contributed by atoms with Crippen LogP contribution >= 0.6 is 11.8 Å². The van der Waals surface area contributed by atoms with Gasteiger partial charge in [0.25, 0.3) is 11.6 Å². The first-order valence-corrected chi connectivity index (χ1v) is 8.86. The van der Waals surface area contributed by atoms with Gasteiger partial charge in [0.1, 0.15) is 5.75 Å². The molecule has 0 aliphatic carbocycles. The van der Waals surface area contributed by atoms with Crippen LogP contribution in [0.1, 0.15) is 13.3 Å². The lowest BCUT2D eigenvalue weighted by Gasteiger charge is -2.22. The molecule has 1 amide bonds. The summed E-state index contributed by atoms with van der Waals surface area (Å²) in [4.78, 5) is 25.7. The van der Waals surface area contributed by atoms with Crippen LogP contribution in [-0.4, -0.2) is 29.2 Å². The molecule has 25 heavy (non-hydrogen) atoms. The fourth-order valence-electron chi connectivity index (χ4n) is 2.63. The number of non-ortho nitro benzene ring substituents is 1. The molecule has 0 aromatic heterocycles. The van der Waals surface area contributed by atoms with Crippen LogP contribution in [0.3, 0.4) is 0 Å². The van der Waals surface area contributed by atoms with Crippen LogP contribution in [0.4, 0.5) is 11.4 Å². The van der Waals surface area contributed by atoms with E-state index in [1.807, 2.05) is 24.3 Å². The molecule has 0 bridgehead atoms. The Morgan fingerprint density at radius 3 is 2.72 bits per heavy atom. The maximum atomic E-state index is 12.7. The number of amides is 1. The van der Waals surface area contributed by atoms with Gasteiger partial charge in [0, 0.05) is 28.8 Å². The highest BCUT2D eigenvalue weighted by Gasteiger charge is 2.24. The number of hydrogen-bond donors (Lipinski definition) is 0. The molecular formula is C18H18N2O4S. The zero-order valence-corrected chi connectivity index (χ0v) is 14.6. The van der Waals surface area contributed by atoms with Gasteiger partial charge >= 0.3 is 0 Å². The summed E-state index contributed by atoms with van der Waals surface area (Å²) in [7, 11) is 0. The number of ether oxygens (including phenoxy) is 1. The molecule has 130 valence electrons. The number of nitrogens with zero attached hydrogens (tertiary/aromatic N) is 2. The minimum Gasteiger partial charge on any atom is -0.484 e. The van der Waals surface area contributed by atoms with Crippen molar-refractivity contribution in [2.45, 2.75) is 23.5 Å². The van der Waals surface area contributed by atoms with E-state index in [1.54, 1.807) is 16.7 Å². The molecule has 3 rings (SSSR count). The summed E-state index contributed by atoms with van der Waals surface area (Å²) in [6.45, 7) is 2.70. The molecule has 1 unspecified atom stereocenters. The lowest BCUT2D eigenvalue weighted by Crippen LogP contribution is -2.36. The quantitative estimate of drug-likeness (QED) is 0.612. The van der Waals surface area contributed by atoms with E-state index in [1.165, 1.54) is 24.3 Å². The summed E-state index contributed by atoms with van der Waals surface area (Å²) in [5.74, 6) is 0.310. The van der Waals surface area contributed by atoms with E-state index in [9.17, 15) is 14.9 Å². The Balaban J connectivity index is 1.69. The first kappa shape index (κ1) is 17.3. The third-order valence-corrected chi connectivity index (χ3v) is 5.19. The van der Waals surface area contributed by atoms with Crippen LogP contribution in [-0.2, 0) is 4.79 Å². The van der Waals surface area contributed by atoms with Gasteiger partial charge in [-0.2, -0.15) is 0 Å². The zero-order valence-electron chi connectivity index (χ0n) is 13.8. The molecule has 0 N–H and O–H groups in total. The Kier molecular flexibility index (Phi) is 5.23. The average molecular weight is 358 g/mol. The third kappa shape index (κ3) is 4.11. The van der Waals surface area contributed by atoms with Gasteiger partial charge in [-0.15, -0.1) is 11.8 Å². The van der Waals surface area contributed by atoms with Crippen LogP contribution < -0.4 is 9.64 Å². The molecule has 2 aromatic rings. The number of rotatable bonds is 4. The number of fused-ring (bicyclic) bond motifs is 1. The summed E-state index contributed by atoms with van der Waals surface area (Å²) in [6.07, 6.45) is 0.905. The predicted octanol–water partition coefficient (Wildman–Crippen LogP) is 3.89. The van der Waals surface area contributed by atoms with E-state index in [2.05, 4.69) is 6.92 Å². The number of carbonyl (C=O) groups excluding carboxylic acids is 1. The maximum Gasteiger partial charge on any atom is 0.269 e. The predicted molar refractivity (Wildman–Crippen MR) is 97.3 cm³/mol. The van der Waals surface area contributed by atoms with Crippen molar-refractivity contribution in [2.75, 3.05) is 18.1 Å². The van der Waals surface area contributed by atoms with E-state index in [-0.39, 0.29) is 18.2 Å². The van der Waals surface area contributed by atoms with Crippen molar-refractivity contribution >= 4 is 29.0 Å². The van der Waals surface area contributed by atoms with Crippen molar-refractivity contribution < 1.29 is 14.5 Å². The van der Waals surface area contributed by atoms with Crippen LogP contribution in [0.25, 0.3) is 0 Å². The Morgan fingerprint density at radius 1 is 1.28 bits per heavy atom. The van der Waals surface area contributed by atoms with Gasteiger partial charge in [-0.25, -0.2) is 0 Å². The number of thioether (sulfide) groups is 1. The molecule has 2 aromatic carbocycles. The third-order valence-electron chi connectivity index (χ3n) is 3.95. The van der Waals surface area contributed by atoms with Gasteiger partial charge in [-0.3, -0.25) is 14.9 Å². The average Bonchev–Trinajstić information content (AvgIpc) is 2.78. The Labute approximate surface area is 149 Å². The molecule has 0 saturated carbocycles. The number of anilines is 1. The largest absolute Gasteiger partial charge is 0.484 e. The Bertz CT molecular complexity index is 779. The zero-order chi connectivity index (χ0) is 17.8. The number of para-hydroxylation sites is 1. The van der Waals surface area contributed by atoms with Crippen LogP contribution in [0, 0.1) is 10.1 Å². The second-order valence-electron chi connectivity index (χ2n) is 5.77. The summed E-state index contributed by atoms with van der Waals surface area (Å²) in [6, 6.07) is 13.6. The molecule has 0 fully saturated rings. The second kappa shape index (κ2) is 7.57. The Morgan fingerprint density at radius 2 is 2.00 bits per heavy atom. The lowest BCUT2D eigenvalue weighted by molar-refractivity contribution is -0.384. The van der Waals surface area contributed by atoms with Gasteiger partial charge in [0.05, 0.1) is 10.6 Å². The molecule has 1 aliphatic rings. The number of nitro groups is 1. The summed E-state index contributed by atoms with van der Waals surface area (Å²) in [5.41, 5.74) is 0.903. The second-order valence-corrected chi connectivity index (χ2v) is 7.25. The molecule has 0 saturated heterocycles. The number of carbonyl (C=O) groups is 1. The molecule has 0 spiro atoms. The van der Waals surface area contributed by atoms with Crippen molar-refractivity contribution in [2.24, 2.45) is 0 Å².